The smallest absolute Gasteiger partial charge is 0.179 e. The van der Waals surface area contributed by atoms with Crippen LogP contribution in [0, 0.1) is 0 Å². The van der Waals surface area contributed by atoms with Crippen LogP contribution in [0.5, 0.6) is 0 Å². The second-order valence-corrected chi connectivity index (χ2v) is 3.13. The minimum absolute atomic E-state index is 0.0204. The number of nitrogens with one attached hydrogen (secondary N) is 1. The van der Waals surface area contributed by atoms with E-state index in [1.54, 1.807) is 12.1 Å². The normalized spacial score (nSPS) is 11.1. The van der Waals surface area contributed by atoms with Gasteiger partial charge in [0.2, 0.25) is 0 Å². The maximum Gasteiger partial charge on any atom is 0.179 e. The Balaban J connectivity index is 2.66. The standard InChI is InChI=1S/C10H6N2O2/c13-7-3-1-6-2-4-9-10(8(6)5-7)12-14-11-9/h1-5,11H. The number of nitrogens with zero attached hydrogens (tertiary/aromatic N) is 1. The molecular weight excluding hydrogens is 180 g/mol. The zero-order valence-electron chi connectivity index (χ0n) is 7.15. The molecule has 0 aliphatic carbocycles. The van der Waals surface area contributed by atoms with E-state index in [-0.39, 0.29) is 5.43 Å². The second kappa shape index (κ2) is 2.45. The van der Waals surface area contributed by atoms with Crippen LogP contribution < -0.4 is 5.43 Å². The van der Waals surface area contributed by atoms with E-state index in [2.05, 4.69) is 10.3 Å². The van der Waals surface area contributed by atoms with Crippen LogP contribution in [0.4, 0.5) is 0 Å². The predicted molar refractivity (Wildman–Crippen MR) is 52.1 cm³/mol. The Morgan fingerprint density at radius 3 is 3.00 bits per heavy atom. The molecule has 0 fully saturated rings. The van der Waals surface area contributed by atoms with Crippen LogP contribution >= 0.6 is 0 Å². The topological polar surface area (TPSA) is 58.9 Å². The highest BCUT2D eigenvalue weighted by molar-refractivity contribution is 6.03. The molecule has 0 aliphatic heterocycles. The number of benzene rings is 2. The van der Waals surface area contributed by atoms with Crippen LogP contribution in [-0.4, -0.2) is 10.3 Å². The van der Waals surface area contributed by atoms with Crippen LogP contribution in [0.1, 0.15) is 0 Å². The van der Waals surface area contributed by atoms with Crippen molar-refractivity contribution < 1.29 is 4.63 Å². The molecule has 3 rings (SSSR count). The molecule has 1 heterocycles. The molecule has 0 aliphatic rings. The van der Waals surface area contributed by atoms with Gasteiger partial charge in [-0.15, -0.1) is 0 Å². The molecule has 0 amide bonds. The zero-order chi connectivity index (χ0) is 9.54. The molecule has 0 unspecified atom stereocenters. The number of hydrogen-bond donors (Lipinski definition) is 1. The Hall–Kier alpha value is -2.10. The Bertz CT molecular complexity index is 666. The molecule has 4 heteroatoms. The Labute approximate surface area is 78.1 Å². The number of rotatable bonds is 0. The van der Waals surface area contributed by atoms with E-state index in [1.807, 2.05) is 12.1 Å². The van der Waals surface area contributed by atoms with Crippen molar-refractivity contribution in [2.45, 2.75) is 0 Å². The van der Waals surface area contributed by atoms with E-state index in [0.29, 0.717) is 5.52 Å². The molecular formula is C10H6N2O2. The van der Waals surface area contributed by atoms with Crippen molar-refractivity contribution in [1.29, 1.82) is 0 Å². The van der Waals surface area contributed by atoms with E-state index >= 15 is 0 Å². The summed E-state index contributed by atoms with van der Waals surface area (Å²) in [5, 5.41) is 8.27. The SMILES string of the molecule is O=c1ccc2ccc3[nH]onc3c2c1. The number of H-pyrrole nitrogens is 1. The molecule has 2 aromatic carbocycles. The summed E-state index contributed by atoms with van der Waals surface area (Å²) >= 11 is 0. The first-order valence-electron chi connectivity index (χ1n) is 4.21. The Morgan fingerprint density at radius 2 is 2.07 bits per heavy atom. The lowest BCUT2D eigenvalue weighted by Gasteiger charge is -1.94. The van der Waals surface area contributed by atoms with Crippen LogP contribution in [0.25, 0.3) is 21.8 Å². The van der Waals surface area contributed by atoms with Crippen LogP contribution in [0.3, 0.4) is 0 Å². The number of aromatic nitrogens is 2. The molecule has 0 saturated carbocycles. The summed E-state index contributed by atoms with van der Waals surface area (Å²) in [6, 6.07) is 8.68. The summed E-state index contributed by atoms with van der Waals surface area (Å²) in [5.74, 6) is 0. The maximum absolute atomic E-state index is 11.2. The lowest BCUT2D eigenvalue weighted by molar-refractivity contribution is 0.316. The first kappa shape index (κ1) is 7.32. The predicted octanol–water partition coefficient (Wildman–Crippen LogP) is 1.67. The van der Waals surface area contributed by atoms with Crippen LogP contribution in [-0.2, 0) is 0 Å². The van der Waals surface area contributed by atoms with Gasteiger partial charge in [-0.05, 0) is 23.6 Å². The molecule has 1 aromatic heterocycles. The highest BCUT2D eigenvalue weighted by Crippen LogP contribution is 2.20. The first-order chi connectivity index (χ1) is 6.84. The average Bonchev–Trinajstić information content (AvgIpc) is 2.65. The average molecular weight is 186 g/mol. The fraction of sp³-hybridized carbons (Fsp3) is 0. The van der Waals surface area contributed by atoms with Crippen molar-refractivity contribution in [2.24, 2.45) is 0 Å². The molecule has 14 heavy (non-hydrogen) atoms. The highest BCUT2D eigenvalue weighted by atomic mass is 16.6. The van der Waals surface area contributed by atoms with Gasteiger partial charge in [0.05, 0.1) is 0 Å². The maximum atomic E-state index is 11.2. The number of aromatic amines is 1. The fourth-order valence-corrected chi connectivity index (χ4v) is 1.58. The van der Waals surface area contributed by atoms with E-state index in [4.69, 9.17) is 4.63 Å². The van der Waals surface area contributed by atoms with E-state index < -0.39 is 0 Å². The van der Waals surface area contributed by atoms with E-state index in [9.17, 15) is 4.79 Å². The van der Waals surface area contributed by atoms with Gasteiger partial charge < -0.3 is 0 Å². The monoisotopic (exact) mass is 186 g/mol. The second-order valence-electron chi connectivity index (χ2n) is 3.13. The lowest BCUT2D eigenvalue weighted by Crippen LogP contribution is -1.94. The van der Waals surface area contributed by atoms with Gasteiger partial charge in [0.1, 0.15) is 11.0 Å². The van der Waals surface area contributed by atoms with Crippen molar-refractivity contribution in [3.63, 3.8) is 0 Å². The largest absolute Gasteiger partial charge is 0.290 e. The Kier molecular flexibility index (Phi) is 1.28. The molecule has 68 valence electrons. The minimum Gasteiger partial charge on any atom is -0.290 e. The van der Waals surface area contributed by atoms with Crippen molar-refractivity contribution in [3.05, 3.63) is 40.6 Å². The minimum atomic E-state index is -0.0204. The van der Waals surface area contributed by atoms with Crippen LogP contribution in [0.15, 0.2) is 39.8 Å². The van der Waals surface area contributed by atoms with Gasteiger partial charge in [-0.25, -0.2) is 0 Å². The van der Waals surface area contributed by atoms with E-state index in [1.165, 1.54) is 6.07 Å². The molecule has 4 nitrogen and oxygen atoms in total. The molecule has 1 N–H and O–H groups in total. The van der Waals surface area contributed by atoms with Gasteiger partial charge in [-0.3, -0.25) is 9.42 Å². The third-order valence-corrected chi connectivity index (χ3v) is 2.26. The summed E-state index contributed by atoms with van der Waals surface area (Å²) in [6.07, 6.45) is 0. The van der Waals surface area contributed by atoms with Gasteiger partial charge in [0.25, 0.3) is 0 Å². The van der Waals surface area contributed by atoms with Crippen molar-refractivity contribution in [3.8, 4) is 0 Å². The van der Waals surface area contributed by atoms with Gasteiger partial charge in [-0.2, -0.15) is 5.16 Å². The van der Waals surface area contributed by atoms with Gasteiger partial charge in [0, 0.05) is 5.39 Å². The molecule has 3 aromatic rings. The summed E-state index contributed by atoms with van der Waals surface area (Å²) in [6.45, 7) is 0. The Morgan fingerprint density at radius 1 is 1.21 bits per heavy atom. The van der Waals surface area contributed by atoms with Crippen molar-refractivity contribution in [2.75, 3.05) is 0 Å². The first-order valence-corrected chi connectivity index (χ1v) is 4.21. The number of hydrogen-bond acceptors (Lipinski definition) is 3. The molecule has 0 saturated heterocycles. The summed E-state index contributed by atoms with van der Waals surface area (Å²) in [5.41, 5.74) is 1.47. The molecule has 0 spiro atoms. The summed E-state index contributed by atoms with van der Waals surface area (Å²) in [4.78, 5) is 11.2. The van der Waals surface area contributed by atoms with E-state index in [0.717, 1.165) is 16.3 Å². The molecule has 0 radical (unpaired) electrons. The summed E-state index contributed by atoms with van der Waals surface area (Å²) < 4.78 is 4.74. The molecule has 0 bridgehead atoms. The fourth-order valence-electron chi connectivity index (χ4n) is 1.58. The lowest BCUT2D eigenvalue weighted by atomic mass is 10.1. The molecule has 0 atom stereocenters. The number of fused-ring (bicyclic) bond motifs is 3. The van der Waals surface area contributed by atoms with Crippen molar-refractivity contribution in [1.82, 2.24) is 10.3 Å². The highest BCUT2D eigenvalue weighted by Gasteiger charge is 2.03. The third-order valence-electron chi connectivity index (χ3n) is 2.26. The van der Waals surface area contributed by atoms with Gasteiger partial charge >= 0.3 is 0 Å². The van der Waals surface area contributed by atoms with Gasteiger partial charge in [-0.1, -0.05) is 17.3 Å². The van der Waals surface area contributed by atoms with Crippen LogP contribution in [0.2, 0.25) is 0 Å². The quantitative estimate of drug-likeness (QED) is 0.581. The third kappa shape index (κ3) is 0.877. The summed E-state index contributed by atoms with van der Waals surface area (Å²) in [7, 11) is 0. The zero-order valence-corrected chi connectivity index (χ0v) is 7.15. The van der Waals surface area contributed by atoms with Crippen molar-refractivity contribution >= 4 is 21.8 Å². The van der Waals surface area contributed by atoms with Gasteiger partial charge in [0.15, 0.2) is 5.43 Å².